The molecule has 0 spiro atoms. The smallest absolute Gasteiger partial charge is 0.155 e. The minimum atomic E-state index is 0.771. The van der Waals surface area contributed by atoms with E-state index in [1.807, 2.05) is 24.3 Å². The lowest BCUT2D eigenvalue weighted by molar-refractivity contribution is 0.942. The molecule has 6 heteroatoms. The zero-order valence-corrected chi connectivity index (χ0v) is 11.6. The van der Waals surface area contributed by atoms with Gasteiger partial charge in [-0.2, -0.15) is 5.10 Å². The third-order valence-electron chi connectivity index (χ3n) is 3.50. The summed E-state index contributed by atoms with van der Waals surface area (Å²) in [4.78, 5) is 4.15. The van der Waals surface area contributed by atoms with Gasteiger partial charge in [0.25, 0.3) is 0 Å². The molecule has 0 unspecified atom stereocenters. The summed E-state index contributed by atoms with van der Waals surface area (Å²) >= 11 is 0. The van der Waals surface area contributed by atoms with Gasteiger partial charge in [0, 0.05) is 17.3 Å². The van der Waals surface area contributed by atoms with Crippen LogP contribution < -0.4 is 0 Å². The van der Waals surface area contributed by atoms with Crippen LogP contribution >= 0.6 is 0 Å². The summed E-state index contributed by atoms with van der Waals surface area (Å²) in [7, 11) is 0. The number of nitrogens with one attached hydrogen (secondary N) is 2. The first kappa shape index (κ1) is 12.5. The van der Waals surface area contributed by atoms with Gasteiger partial charge in [0.1, 0.15) is 12.0 Å². The normalized spacial score (nSPS) is 10.7. The average Bonchev–Trinajstić information content (AvgIpc) is 3.29. The van der Waals surface area contributed by atoms with Crippen molar-refractivity contribution >= 4 is 0 Å². The third kappa shape index (κ3) is 2.26. The second-order valence-corrected chi connectivity index (χ2v) is 4.85. The van der Waals surface area contributed by atoms with Crippen molar-refractivity contribution in [3.63, 3.8) is 0 Å². The molecule has 0 saturated carbocycles. The Labute approximate surface area is 126 Å². The number of hydrogen-bond donors (Lipinski definition) is 2. The van der Waals surface area contributed by atoms with E-state index in [1.165, 1.54) is 6.33 Å². The summed E-state index contributed by atoms with van der Waals surface area (Å²) in [6, 6.07) is 16.4. The predicted octanol–water partition coefficient (Wildman–Crippen LogP) is 2.92. The Morgan fingerprint density at radius 3 is 1.91 bits per heavy atom. The Balaban J connectivity index is 1.62. The Bertz CT molecular complexity index is 770. The van der Waals surface area contributed by atoms with E-state index < -0.39 is 0 Å². The molecule has 0 aliphatic heterocycles. The summed E-state index contributed by atoms with van der Waals surface area (Å²) in [6.07, 6.45) is 3.28. The molecule has 0 bridgehead atoms. The molecule has 22 heavy (non-hydrogen) atoms. The molecule has 4 rings (SSSR count). The molecule has 6 nitrogen and oxygen atoms in total. The molecule has 0 amide bonds. The van der Waals surface area contributed by atoms with Gasteiger partial charge in [-0.1, -0.05) is 53.7 Å². The molecule has 0 saturated heterocycles. The summed E-state index contributed by atoms with van der Waals surface area (Å²) in [5.74, 6) is 0.771. The van der Waals surface area contributed by atoms with Crippen molar-refractivity contribution in [2.24, 2.45) is 0 Å². The zero-order valence-electron chi connectivity index (χ0n) is 11.6. The first-order valence-electron chi connectivity index (χ1n) is 6.83. The van der Waals surface area contributed by atoms with Gasteiger partial charge < -0.3 is 0 Å². The molecule has 0 aliphatic rings. The Morgan fingerprint density at radius 1 is 0.727 bits per heavy atom. The van der Waals surface area contributed by atoms with E-state index in [-0.39, 0.29) is 0 Å². The van der Waals surface area contributed by atoms with Crippen LogP contribution in [0.15, 0.2) is 61.1 Å². The second kappa shape index (κ2) is 5.25. The number of benzene rings is 2. The predicted molar refractivity (Wildman–Crippen MR) is 82.6 cm³/mol. The Kier molecular flexibility index (Phi) is 2.97. The van der Waals surface area contributed by atoms with Gasteiger partial charge in [0.15, 0.2) is 5.82 Å². The second-order valence-electron chi connectivity index (χ2n) is 4.85. The van der Waals surface area contributed by atoms with Crippen LogP contribution in [-0.4, -0.2) is 30.6 Å². The van der Waals surface area contributed by atoms with Crippen molar-refractivity contribution in [1.29, 1.82) is 0 Å². The summed E-state index contributed by atoms with van der Waals surface area (Å²) in [5.41, 5.74) is 5.19. The van der Waals surface area contributed by atoms with Crippen molar-refractivity contribution < 1.29 is 0 Å². The lowest BCUT2D eigenvalue weighted by Gasteiger charge is -2.04. The monoisotopic (exact) mass is 288 g/mol. The topological polar surface area (TPSA) is 83.1 Å². The zero-order chi connectivity index (χ0) is 14.8. The van der Waals surface area contributed by atoms with E-state index in [0.29, 0.717) is 0 Å². The van der Waals surface area contributed by atoms with Gasteiger partial charge in [-0.25, -0.2) is 4.98 Å². The maximum absolute atomic E-state index is 4.15. The molecule has 0 atom stereocenters. The fraction of sp³-hybridized carbons (Fsp3) is 0. The van der Waals surface area contributed by atoms with Crippen molar-refractivity contribution in [2.45, 2.75) is 0 Å². The third-order valence-corrected chi connectivity index (χ3v) is 3.50. The Hall–Kier alpha value is -3.28. The van der Waals surface area contributed by atoms with Crippen LogP contribution in [0.1, 0.15) is 0 Å². The molecule has 4 aromatic rings. The van der Waals surface area contributed by atoms with Crippen LogP contribution in [0.5, 0.6) is 0 Å². The van der Waals surface area contributed by atoms with Crippen molar-refractivity contribution in [2.75, 3.05) is 0 Å². The van der Waals surface area contributed by atoms with Gasteiger partial charge in [0.05, 0.1) is 0 Å². The maximum atomic E-state index is 4.15. The SMILES string of the molecule is c1n[nH]c(-c2ccc(-c3ccc(-c4c[nH]nn4)cc3)cc2)n1. The summed E-state index contributed by atoms with van der Waals surface area (Å²) < 4.78 is 0. The van der Waals surface area contributed by atoms with E-state index in [4.69, 9.17) is 0 Å². The lowest BCUT2D eigenvalue weighted by atomic mass is 10.0. The highest BCUT2D eigenvalue weighted by atomic mass is 15.3. The average molecular weight is 288 g/mol. The molecule has 0 fully saturated rings. The van der Waals surface area contributed by atoms with Gasteiger partial charge in [0.2, 0.25) is 0 Å². The van der Waals surface area contributed by atoms with E-state index in [1.54, 1.807) is 6.20 Å². The van der Waals surface area contributed by atoms with Crippen LogP contribution in [0.3, 0.4) is 0 Å². The van der Waals surface area contributed by atoms with Crippen molar-refractivity contribution in [3.05, 3.63) is 61.1 Å². The van der Waals surface area contributed by atoms with E-state index in [2.05, 4.69) is 54.9 Å². The highest BCUT2D eigenvalue weighted by molar-refractivity contribution is 5.70. The first-order valence-corrected chi connectivity index (χ1v) is 6.83. The molecule has 106 valence electrons. The molecule has 0 aliphatic carbocycles. The van der Waals surface area contributed by atoms with Crippen molar-refractivity contribution in [3.8, 4) is 33.8 Å². The molecule has 2 N–H and O–H groups in total. The molecule has 0 radical (unpaired) electrons. The molecule has 2 aromatic carbocycles. The van der Waals surface area contributed by atoms with Crippen molar-refractivity contribution in [1.82, 2.24) is 30.6 Å². The molecular weight excluding hydrogens is 276 g/mol. The van der Waals surface area contributed by atoms with Crippen LogP contribution in [0, 0.1) is 0 Å². The van der Waals surface area contributed by atoms with Crippen LogP contribution in [-0.2, 0) is 0 Å². The number of rotatable bonds is 3. The number of aromatic nitrogens is 6. The van der Waals surface area contributed by atoms with Gasteiger partial charge in [-0.3, -0.25) is 10.2 Å². The number of aromatic amines is 2. The highest BCUT2D eigenvalue weighted by Crippen LogP contribution is 2.25. The molecule has 2 aromatic heterocycles. The maximum Gasteiger partial charge on any atom is 0.155 e. The lowest BCUT2D eigenvalue weighted by Crippen LogP contribution is -1.83. The Morgan fingerprint density at radius 2 is 1.36 bits per heavy atom. The quantitative estimate of drug-likeness (QED) is 0.607. The fourth-order valence-electron chi connectivity index (χ4n) is 2.34. The van der Waals surface area contributed by atoms with Crippen LogP contribution in [0.25, 0.3) is 33.8 Å². The molecular formula is C16H12N6. The first-order chi connectivity index (χ1) is 10.9. The number of nitrogens with zero attached hydrogens (tertiary/aromatic N) is 4. The minimum absolute atomic E-state index is 0.771. The van der Waals surface area contributed by atoms with Gasteiger partial charge in [-0.05, 0) is 11.1 Å². The van der Waals surface area contributed by atoms with Crippen LogP contribution in [0.4, 0.5) is 0 Å². The van der Waals surface area contributed by atoms with Gasteiger partial charge in [-0.15, -0.1) is 5.10 Å². The number of H-pyrrole nitrogens is 2. The van der Waals surface area contributed by atoms with E-state index >= 15 is 0 Å². The summed E-state index contributed by atoms with van der Waals surface area (Å²) in [6.45, 7) is 0. The van der Waals surface area contributed by atoms with Crippen LogP contribution in [0.2, 0.25) is 0 Å². The largest absolute Gasteiger partial charge is 0.265 e. The summed E-state index contributed by atoms with van der Waals surface area (Å²) in [5, 5.41) is 17.2. The standard InChI is InChI=1S/C16H12N6/c1-5-13(15-9-18-22-20-15)6-2-11(1)12-3-7-14(8-4-12)16-17-10-19-21-16/h1-10H,(H,17,19,21)(H,18,20,22). The number of hydrogen-bond acceptors (Lipinski definition) is 4. The highest BCUT2D eigenvalue weighted by Gasteiger charge is 2.04. The fourth-order valence-corrected chi connectivity index (χ4v) is 2.34. The minimum Gasteiger partial charge on any atom is -0.265 e. The molecule has 2 heterocycles. The van der Waals surface area contributed by atoms with Gasteiger partial charge >= 0.3 is 0 Å². The van der Waals surface area contributed by atoms with E-state index in [0.717, 1.165) is 33.8 Å². The van der Waals surface area contributed by atoms with E-state index in [9.17, 15) is 0 Å².